The molecule has 1 saturated heterocycles. The van der Waals surface area contributed by atoms with Crippen molar-refractivity contribution in [1.82, 2.24) is 10.2 Å². The Bertz CT molecular complexity index is 365. The summed E-state index contributed by atoms with van der Waals surface area (Å²) in [6.45, 7) is 5.14. The SMILES string of the molecule is CC(C)(C)[C@H](NC(=O)CN1CSCC1=O)C(=O)O. The molecule has 2 N–H and O–H groups in total. The molecule has 0 radical (unpaired) electrons. The average Bonchev–Trinajstić information content (AvgIpc) is 2.59. The summed E-state index contributed by atoms with van der Waals surface area (Å²) in [5.74, 6) is -0.724. The van der Waals surface area contributed by atoms with E-state index in [1.807, 2.05) is 0 Å². The number of amides is 2. The Balaban J connectivity index is 2.57. The summed E-state index contributed by atoms with van der Waals surface area (Å²) in [7, 11) is 0. The molecule has 0 aromatic carbocycles. The molecule has 1 aliphatic heterocycles. The van der Waals surface area contributed by atoms with Crippen LogP contribution in [0.15, 0.2) is 0 Å². The van der Waals surface area contributed by atoms with Gasteiger partial charge in [-0.25, -0.2) is 4.79 Å². The third-order valence-corrected chi connectivity index (χ3v) is 3.52. The smallest absolute Gasteiger partial charge is 0.326 e. The highest BCUT2D eigenvalue weighted by Gasteiger charge is 2.33. The largest absolute Gasteiger partial charge is 0.480 e. The van der Waals surface area contributed by atoms with Gasteiger partial charge in [-0.15, -0.1) is 11.8 Å². The molecule has 0 unspecified atom stereocenters. The summed E-state index contributed by atoms with van der Waals surface area (Å²) in [4.78, 5) is 35.6. The van der Waals surface area contributed by atoms with E-state index < -0.39 is 23.3 Å². The zero-order chi connectivity index (χ0) is 13.9. The Morgan fingerprint density at radius 1 is 1.50 bits per heavy atom. The molecule has 0 aromatic heterocycles. The van der Waals surface area contributed by atoms with Gasteiger partial charge < -0.3 is 15.3 Å². The lowest BCUT2D eigenvalue weighted by Gasteiger charge is -2.28. The van der Waals surface area contributed by atoms with E-state index in [0.29, 0.717) is 11.6 Å². The minimum absolute atomic E-state index is 0.0777. The van der Waals surface area contributed by atoms with E-state index in [4.69, 9.17) is 5.11 Å². The average molecular weight is 274 g/mol. The van der Waals surface area contributed by atoms with Gasteiger partial charge in [0.1, 0.15) is 12.6 Å². The lowest BCUT2D eigenvalue weighted by Crippen LogP contribution is -2.51. The normalized spacial score (nSPS) is 17.7. The number of carbonyl (C=O) groups excluding carboxylic acids is 2. The van der Waals surface area contributed by atoms with Crippen LogP contribution in [0.2, 0.25) is 0 Å². The lowest BCUT2D eigenvalue weighted by atomic mass is 9.87. The van der Waals surface area contributed by atoms with Crippen LogP contribution in [0.3, 0.4) is 0 Å². The van der Waals surface area contributed by atoms with E-state index in [9.17, 15) is 14.4 Å². The van der Waals surface area contributed by atoms with Crippen molar-refractivity contribution >= 4 is 29.5 Å². The second kappa shape index (κ2) is 5.60. The number of carboxylic acid groups (broad SMARTS) is 1. The number of hydrogen-bond acceptors (Lipinski definition) is 4. The zero-order valence-electron chi connectivity index (χ0n) is 10.7. The van der Waals surface area contributed by atoms with Gasteiger partial charge in [-0.05, 0) is 5.41 Å². The van der Waals surface area contributed by atoms with Crippen LogP contribution in [-0.2, 0) is 14.4 Å². The van der Waals surface area contributed by atoms with Gasteiger partial charge in [0.25, 0.3) is 0 Å². The fourth-order valence-corrected chi connectivity index (χ4v) is 2.47. The molecule has 1 heterocycles. The van der Waals surface area contributed by atoms with Gasteiger partial charge in [-0.3, -0.25) is 9.59 Å². The number of nitrogens with zero attached hydrogens (tertiary/aromatic N) is 1. The van der Waals surface area contributed by atoms with Crippen molar-refractivity contribution in [2.75, 3.05) is 18.2 Å². The molecular formula is C11H18N2O4S. The first-order valence-electron chi connectivity index (χ1n) is 5.59. The van der Waals surface area contributed by atoms with Crippen molar-refractivity contribution in [3.8, 4) is 0 Å². The Morgan fingerprint density at radius 3 is 2.50 bits per heavy atom. The predicted octanol–water partition coefficient (Wildman–Crippen LogP) is 0.135. The van der Waals surface area contributed by atoms with Crippen molar-refractivity contribution in [2.45, 2.75) is 26.8 Å². The van der Waals surface area contributed by atoms with Crippen LogP contribution in [0, 0.1) is 5.41 Å². The number of nitrogens with one attached hydrogen (secondary N) is 1. The molecule has 2 amide bonds. The van der Waals surface area contributed by atoms with E-state index in [1.165, 1.54) is 16.7 Å². The number of hydrogen-bond donors (Lipinski definition) is 2. The molecule has 1 atom stereocenters. The predicted molar refractivity (Wildman–Crippen MR) is 68.1 cm³/mol. The van der Waals surface area contributed by atoms with Crippen molar-refractivity contribution in [3.63, 3.8) is 0 Å². The summed E-state index contributed by atoms with van der Waals surface area (Å²) in [6.07, 6.45) is 0. The summed E-state index contributed by atoms with van der Waals surface area (Å²) in [5.41, 5.74) is -0.578. The standard InChI is InChI=1S/C11H18N2O4S/c1-11(2,3)9(10(16)17)12-7(14)4-13-6-18-5-8(13)15/h9H,4-6H2,1-3H3,(H,12,14)(H,16,17)/t9-/m1/s1. The Hall–Kier alpha value is -1.24. The van der Waals surface area contributed by atoms with Gasteiger partial charge in [-0.2, -0.15) is 0 Å². The van der Waals surface area contributed by atoms with Crippen LogP contribution in [0.25, 0.3) is 0 Å². The van der Waals surface area contributed by atoms with E-state index in [2.05, 4.69) is 5.32 Å². The number of rotatable bonds is 4. The van der Waals surface area contributed by atoms with E-state index in [0.717, 1.165) is 0 Å². The third kappa shape index (κ3) is 3.90. The van der Waals surface area contributed by atoms with Gasteiger partial charge in [0.2, 0.25) is 11.8 Å². The summed E-state index contributed by atoms with van der Waals surface area (Å²) in [5, 5.41) is 11.5. The van der Waals surface area contributed by atoms with Crippen molar-refractivity contribution in [3.05, 3.63) is 0 Å². The molecule has 1 aliphatic rings. The molecule has 6 nitrogen and oxygen atoms in total. The summed E-state index contributed by atoms with van der Waals surface area (Å²) in [6, 6.07) is -0.963. The Kier molecular flexibility index (Phi) is 4.61. The van der Waals surface area contributed by atoms with E-state index in [-0.39, 0.29) is 12.5 Å². The van der Waals surface area contributed by atoms with Crippen LogP contribution in [-0.4, -0.2) is 52.0 Å². The number of carbonyl (C=O) groups is 3. The van der Waals surface area contributed by atoms with Gasteiger partial charge in [0.15, 0.2) is 0 Å². The van der Waals surface area contributed by atoms with Crippen molar-refractivity contribution in [1.29, 1.82) is 0 Å². The zero-order valence-corrected chi connectivity index (χ0v) is 11.5. The number of aliphatic carboxylic acids is 1. The minimum Gasteiger partial charge on any atom is -0.480 e. The van der Waals surface area contributed by atoms with Gasteiger partial charge >= 0.3 is 5.97 Å². The fourth-order valence-electron chi connectivity index (χ4n) is 1.57. The molecule has 1 fully saturated rings. The monoisotopic (exact) mass is 274 g/mol. The molecule has 18 heavy (non-hydrogen) atoms. The summed E-state index contributed by atoms with van der Waals surface area (Å²) >= 11 is 1.44. The summed E-state index contributed by atoms with van der Waals surface area (Å²) < 4.78 is 0. The maximum atomic E-state index is 11.7. The quantitative estimate of drug-likeness (QED) is 0.761. The molecule has 0 aliphatic carbocycles. The highest BCUT2D eigenvalue weighted by molar-refractivity contribution is 8.00. The van der Waals surface area contributed by atoms with E-state index in [1.54, 1.807) is 20.8 Å². The minimum atomic E-state index is -1.07. The second-order valence-electron chi connectivity index (χ2n) is 5.27. The topological polar surface area (TPSA) is 86.7 Å². The van der Waals surface area contributed by atoms with Crippen LogP contribution >= 0.6 is 11.8 Å². The lowest BCUT2D eigenvalue weighted by molar-refractivity contribution is -0.145. The second-order valence-corrected chi connectivity index (χ2v) is 6.23. The first kappa shape index (κ1) is 14.8. The fraction of sp³-hybridized carbons (Fsp3) is 0.727. The maximum Gasteiger partial charge on any atom is 0.326 e. The van der Waals surface area contributed by atoms with Gasteiger partial charge in [0.05, 0.1) is 11.6 Å². The molecule has 0 bridgehead atoms. The highest BCUT2D eigenvalue weighted by atomic mass is 32.2. The molecule has 1 rings (SSSR count). The van der Waals surface area contributed by atoms with Crippen molar-refractivity contribution in [2.24, 2.45) is 5.41 Å². The molecule has 0 aromatic rings. The molecule has 0 saturated carbocycles. The molecule has 7 heteroatoms. The van der Waals surface area contributed by atoms with Crippen LogP contribution in [0.5, 0.6) is 0 Å². The first-order valence-corrected chi connectivity index (χ1v) is 6.75. The molecule has 102 valence electrons. The van der Waals surface area contributed by atoms with Gasteiger partial charge in [-0.1, -0.05) is 20.8 Å². The number of carboxylic acids is 1. The third-order valence-electron chi connectivity index (χ3n) is 2.58. The molecular weight excluding hydrogens is 256 g/mol. The Morgan fingerprint density at radius 2 is 2.11 bits per heavy atom. The van der Waals surface area contributed by atoms with Crippen LogP contribution in [0.4, 0.5) is 0 Å². The first-order chi connectivity index (χ1) is 8.21. The number of thioether (sulfide) groups is 1. The molecule has 0 spiro atoms. The highest BCUT2D eigenvalue weighted by Crippen LogP contribution is 2.20. The maximum absolute atomic E-state index is 11.7. The van der Waals surface area contributed by atoms with Crippen LogP contribution < -0.4 is 5.32 Å². The van der Waals surface area contributed by atoms with Crippen LogP contribution in [0.1, 0.15) is 20.8 Å². The van der Waals surface area contributed by atoms with Crippen molar-refractivity contribution < 1.29 is 19.5 Å². The van der Waals surface area contributed by atoms with E-state index >= 15 is 0 Å². The Labute approximate surface area is 110 Å². The van der Waals surface area contributed by atoms with Gasteiger partial charge in [0, 0.05) is 0 Å².